The smallest absolute Gasteiger partial charge is 0.142 e. The van der Waals surface area contributed by atoms with Crippen molar-refractivity contribution < 1.29 is 4.39 Å². The molecule has 25 heavy (non-hydrogen) atoms. The van der Waals surface area contributed by atoms with Crippen molar-refractivity contribution in [3.8, 4) is 0 Å². The maximum Gasteiger partial charge on any atom is 0.142 e. The maximum atomic E-state index is 13.9. The van der Waals surface area contributed by atoms with Crippen LogP contribution in [0.4, 0.5) is 4.39 Å². The second-order valence-electron chi connectivity index (χ2n) is 7.27. The van der Waals surface area contributed by atoms with Crippen LogP contribution >= 0.6 is 0 Å². The molecule has 0 amide bonds. The van der Waals surface area contributed by atoms with Crippen LogP contribution in [0.2, 0.25) is 0 Å². The Bertz CT molecular complexity index is 660. The first-order valence-electron chi connectivity index (χ1n) is 9.20. The van der Waals surface area contributed by atoms with E-state index in [-0.39, 0.29) is 6.04 Å². The molecule has 1 N–H and O–H groups in total. The van der Waals surface area contributed by atoms with Gasteiger partial charge in [-0.3, -0.25) is 4.90 Å². The fraction of sp³-hybridized carbons (Fsp3) is 0.500. The highest BCUT2D eigenvalue weighted by molar-refractivity contribution is 5.22. The predicted octanol–water partition coefficient (Wildman–Crippen LogP) is 2.92. The van der Waals surface area contributed by atoms with Gasteiger partial charge in [-0.25, -0.2) is 14.4 Å². The zero-order valence-electron chi connectivity index (χ0n) is 14.4. The summed E-state index contributed by atoms with van der Waals surface area (Å²) in [5, 5.41) is 3.65. The standard InChI is InChI=1S/C20H25FN4/c21-17-11-19(25(13-17)14-20-22-7-4-8-23-20)12-24-18-9-16(10-18)15-5-2-1-3-6-15/h1-8,16-19,24H,9-14H2/t16?,17-,18?,19-/m0/s1. The van der Waals surface area contributed by atoms with E-state index in [4.69, 9.17) is 0 Å². The number of benzene rings is 1. The molecule has 1 aliphatic carbocycles. The first-order chi connectivity index (χ1) is 12.3. The Hall–Kier alpha value is -1.85. The molecule has 2 heterocycles. The summed E-state index contributed by atoms with van der Waals surface area (Å²) in [7, 11) is 0. The van der Waals surface area contributed by atoms with E-state index >= 15 is 0 Å². The SMILES string of the molecule is F[C@H]1C[C@@H](CNC2CC(c3ccccc3)C2)N(Cc2ncccn2)C1. The van der Waals surface area contributed by atoms with Gasteiger partial charge in [0.1, 0.15) is 12.0 Å². The van der Waals surface area contributed by atoms with Crippen molar-refractivity contribution in [2.45, 2.75) is 50.0 Å². The molecule has 1 aliphatic heterocycles. The van der Waals surface area contributed by atoms with E-state index in [0.717, 1.165) is 12.4 Å². The van der Waals surface area contributed by atoms with Gasteiger partial charge in [0, 0.05) is 37.6 Å². The third-order valence-electron chi connectivity index (χ3n) is 5.49. The lowest BCUT2D eigenvalue weighted by molar-refractivity contribution is 0.205. The molecule has 132 valence electrons. The maximum absolute atomic E-state index is 13.9. The molecule has 1 aromatic carbocycles. The van der Waals surface area contributed by atoms with Gasteiger partial charge in [-0.05, 0) is 36.8 Å². The number of nitrogens with one attached hydrogen (secondary N) is 1. The van der Waals surface area contributed by atoms with Gasteiger partial charge in [0.15, 0.2) is 0 Å². The zero-order chi connectivity index (χ0) is 17.1. The molecule has 0 spiro atoms. The zero-order valence-corrected chi connectivity index (χ0v) is 14.4. The van der Waals surface area contributed by atoms with E-state index in [1.807, 2.05) is 6.07 Å². The average molecular weight is 340 g/mol. The number of hydrogen-bond acceptors (Lipinski definition) is 4. The summed E-state index contributed by atoms with van der Waals surface area (Å²) in [6, 6.07) is 13.3. The summed E-state index contributed by atoms with van der Waals surface area (Å²) in [6.45, 7) is 1.96. The summed E-state index contributed by atoms with van der Waals surface area (Å²) in [6.07, 6.45) is 5.71. The van der Waals surface area contributed by atoms with E-state index in [1.54, 1.807) is 12.4 Å². The Morgan fingerprint density at radius 2 is 1.80 bits per heavy atom. The number of rotatable bonds is 6. The fourth-order valence-electron chi connectivity index (χ4n) is 4.01. The van der Waals surface area contributed by atoms with Crippen LogP contribution in [-0.4, -0.2) is 46.2 Å². The van der Waals surface area contributed by atoms with Crippen LogP contribution in [0, 0.1) is 0 Å². The lowest BCUT2D eigenvalue weighted by Crippen LogP contribution is -2.46. The highest BCUT2D eigenvalue weighted by Gasteiger charge is 2.35. The third kappa shape index (κ3) is 4.05. The van der Waals surface area contributed by atoms with Crippen molar-refractivity contribution in [3.05, 3.63) is 60.2 Å². The van der Waals surface area contributed by atoms with Crippen molar-refractivity contribution in [2.75, 3.05) is 13.1 Å². The Kier molecular flexibility index (Phi) is 5.04. The molecular formula is C20H25FN4. The van der Waals surface area contributed by atoms with Gasteiger partial charge in [-0.15, -0.1) is 0 Å². The van der Waals surface area contributed by atoms with Crippen LogP contribution in [0.3, 0.4) is 0 Å². The van der Waals surface area contributed by atoms with Crippen molar-refractivity contribution in [1.29, 1.82) is 0 Å². The highest BCUT2D eigenvalue weighted by atomic mass is 19.1. The van der Waals surface area contributed by atoms with E-state index < -0.39 is 6.17 Å². The number of halogens is 1. The van der Waals surface area contributed by atoms with Gasteiger partial charge in [0.25, 0.3) is 0 Å². The van der Waals surface area contributed by atoms with E-state index in [9.17, 15) is 4.39 Å². The average Bonchev–Trinajstić information content (AvgIpc) is 2.95. The van der Waals surface area contributed by atoms with Crippen molar-refractivity contribution in [3.63, 3.8) is 0 Å². The van der Waals surface area contributed by atoms with Crippen LogP contribution in [-0.2, 0) is 6.54 Å². The summed E-state index contributed by atoms with van der Waals surface area (Å²) in [5.41, 5.74) is 1.44. The Balaban J connectivity index is 1.26. The molecule has 4 nitrogen and oxygen atoms in total. The summed E-state index contributed by atoms with van der Waals surface area (Å²) in [5.74, 6) is 1.44. The fourth-order valence-corrected chi connectivity index (χ4v) is 4.01. The quantitative estimate of drug-likeness (QED) is 0.878. The lowest BCUT2D eigenvalue weighted by atomic mass is 9.76. The van der Waals surface area contributed by atoms with Crippen molar-refractivity contribution in [1.82, 2.24) is 20.2 Å². The minimum Gasteiger partial charge on any atom is -0.312 e. The van der Waals surface area contributed by atoms with Gasteiger partial charge in [0.05, 0.1) is 6.54 Å². The number of hydrogen-bond donors (Lipinski definition) is 1. The molecule has 0 unspecified atom stereocenters. The number of likely N-dealkylation sites (tertiary alicyclic amines) is 1. The number of alkyl halides is 1. The third-order valence-corrected chi connectivity index (χ3v) is 5.49. The van der Waals surface area contributed by atoms with Crippen LogP contribution in [0.15, 0.2) is 48.8 Å². The van der Waals surface area contributed by atoms with E-state index in [1.165, 1.54) is 18.4 Å². The molecule has 4 rings (SSSR count). The summed E-state index contributed by atoms with van der Waals surface area (Å²) in [4.78, 5) is 10.7. The van der Waals surface area contributed by atoms with Crippen LogP contribution in [0.1, 0.15) is 36.6 Å². The van der Waals surface area contributed by atoms with Crippen LogP contribution in [0.5, 0.6) is 0 Å². The molecule has 0 radical (unpaired) electrons. The monoisotopic (exact) mass is 340 g/mol. The molecular weight excluding hydrogens is 315 g/mol. The second-order valence-corrected chi connectivity index (χ2v) is 7.27. The van der Waals surface area contributed by atoms with Gasteiger partial charge in [0.2, 0.25) is 0 Å². The van der Waals surface area contributed by atoms with Crippen LogP contribution < -0.4 is 5.32 Å². The molecule has 2 aromatic rings. The molecule has 2 aliphatic rings. The largest absolute Gasteiger partial charge is 0.312 e. The lowest BCUT2D eigenvalue weighted by Gasteiger charge is -2.37. The first kappa shape index (κ1) is 16.6. The topological polar surface area (TPSA) is 41.0 Å². The van der Waals surface area contributed by atoms with Gasteiger partial charge >= 0.3 is 0 Å². The second kappa shape index (κ2) is 7.58. The van der Waals surface area contributed by atoms with E-state index in [2.05, 4.69) is 50.5 Å². The van der Waals surface area contributed by atoms with Crippen molar-refractivity contribution in [2.24, 2.45) is 0 Å². The molecule has 2 atom stereocenters. The molecule has 1 saturated carbocycles. The normalized spacial score (nSPS) is 29.5. The first-order valence-corrected chi connectivity index (χ1v) is 9.20. The van der Waals surface area contributed by atoms with Crippen LogP contribution in [0.25, 0.3) is 0 Å². The Labute approximate surface area is 148 Å². The highest BCUT2D eigenvalue weighted by Crippen LogP contribution is 2.36. The van der Waals surface area contributed by atoms with Gasteiger partial charge in [-0.2, -0.15) is 0 Å². The van der Waals surface area contributed by atoms with Gasteiger partial charge in [-0.1, -0.05) is 30.3 Å². The predicted molar refractivity (Wildman–Crippen MR) is 96.0 cm³/mol. The number of nitrogens with zero attached hydrogens (tertiary/aromatic N) is 3. The minimum atomic E-state index is -0.742. The molecule has 1 saturated heterocycles. The Morgan fingerprint density at radius 1 is 1.04 bits per heavy atom. The van der Waals surface area contributed by atoms with Gasteiger partial charge < -0.3 is 5.32 Å². The molecule has 0 bridgehead atoms. The molecule has 2 fully saturated rings. The Morgan fingerprint density at radius 3 is 2.56 bits per heavy atom. The van der Waals surface area contributed by atoms with Crippen molar-refractivity contribution >= 4 is 0 Å². The summed E-state index contributed by atoms with van der Waals surface area (Å²) >= 11 is 0. The molecule has 5 heteroatoms. The van der Waals surface area contributed by atoms with E-state index in [0.29, 0.717) is 31.5 Å². The summed E-state index contributed by atoms with van der Waals surface area (Å²) < 4.78 is 13.9. The minimum absolute atomic E-state index is 0.231. The number of aromatic nitrogens is 2. The molecule has 1 aromatic heterocycles.